The van der Waals surface area contributed by atoms with E-state index in [-0.39, 0.29) is 5.75 Å². The van der Waals surface area contributed by atoms with Crippen LogP contribution in [0.15, 0.2) is 42.5 Å². The highest BCUT2D eigenvalue weighted by atomic mass is 16.3. The molecule has 0 saturated carbocycles. The van der Waals surface area contributed by atoms with Gasteiger partial charge in [-0.25, -0.2) is 0 Å². The molecule has 0 atom stereocenters. The number of aryl methyl sites for hydroxylation is 1. The van der Waals surface area contributed by atoms with Crippen LogP contribution >= 0.6 is 0 Å². The molecule has 0 heterocycles. The van der Waals surface area contributed by atoms with Crippen LogP contribution < -0.4 is 5.73 Å². The normalized spacial score (nSPS) is 10.2. The van der Waals surface area contributed by atoms with Crippen LogP contribution in [0, 0.1) is 6.92 Å². The number of benzene rings is 2. The van der Waals surface area contributed by atoms with Crippen LogP contribution in [-0.2, 0) is 0 Å². The van der Waals surface area contributed by atoms with Crippen molar-refractivity contribution >= 4 is 5.69 Å². The number of nitrogen functional groups attached to an aromatic ring is 1. The molecule has 0 amide bonds. The van der Waals surface area contributed by atoms with Crippen LogP contribution in [0.3, 0.4) is 0 Å². The summed E-state index contributed by atoms with van der Waals surface area (Å²) in [5.74, 6) is 0.285. The molecule has 0 radical (unpaired) electrons. The summed E-state index contributed by atoms with van der Waals surface area (Å²) >= 11 is 0. The Morgan fingerprint density at radius 2 is 1.80 bits per heavy atom. The number of hydrogen-bond donors (Lipinski definition) is 2. The molecule has 2 aromatic carbocycles. The molecule has 76 valence electrons. The minimum absolute atomic E-state index is 0.285. The number of nitrogens with two attached hydrogens (primary N) is 1. The highest BCUT2D eigenvalue weighted by Gasteiger charge is 2.00. The highest BCUT2D eigenvalue weighted by molar-refractivity contribution is 5.69. The number of rotatable bonds is 1. The van der Waals surface area contributed by atoms with E-state index in [4.69, 9.17) is 5.73 Å². The molecular weight excluding hydrogens is 186 g/mol. The van der Waals surface area contributed by atoms with Gasteiger partial charge in [-0.3, -0.25) is 0 Å². The van der Waals surface area contributed by atoms with Gasteiger partial charge < -0.3 is 10.8 Å². The van der Waals surface area contributed by atoms with Gasteiger partial charge in [-0.1, -0.05) is 18.2 Å². The molecular formula is C13H13NO. The molecule has 0 fully saturated rings. The monoisotopic (exact) mass is 199 g/mol. The maximum atomic E-state index is 9.49. The molecule has 0 spiro atoms. The minimum Gasteiger partial charge on any atom is -0.508 e. The van der Waals surface area contributed by atoms with Gasteiger partial charge in [0, 0.05) is 5.69 Å². The predicted octanol–water partition coefficient (Wildman–Crippen LogP) is 2.95. The molecule has 2 rings (SSSR count). The topological polar surface area (TPSA) is 46.2 Å². The predicted molar refractivity (Wildman–Crippen MR) is 62.7 cm³/mol. The molecule has 0 aliphatic rings. The molecule has 0 aliphatic carbocycles. The number of aromatic hydroxyl groups is 1. The molecule has 2 nitrogen and oxygen atoms in total. The zero-order chi connectivity index (χ0) is 10.8. The first-order valence-electron chi connectivity index (χ1n) is 4.82. The fraction of sp³-hybridized carbons (Fsp3) is 0.0769. The lowest BCUT2D eigenvalue weighted by molar-refractivity contribution is 0.475. The standard InChI is InChI=1S/C13H13NO/c1-9-5-11(8-13(15)6-9)10-3-2-4-12(14)7-10/h2-8,15H,14H2,1H3. The van der Waals surface area contributed by atoms with Crippen LogP contribution in [0.25, 0.3) is 11.1 Å². The quantitative estimate of drug-likeness (QED) is 0.693. The zero-order valence-corrected chi connectivity index (χ0v) is 8.57. The Labute approximate surface area is 89.0 Å². The smallest absolute Gasteiger partial charge is 0.116 e. The Hall–Kier alpha value is -1.96. The van der Waals surface area contributed by atoms with Crippen molar-refractivity contribution in [2.45, 2.75) is 6.92 Å². The molecule has 0 saturated heterocycles. The van der Waals surface area contributed by atoms with Crippen molar-refractivity contribution in [2.24, 2.45) is 0 Å². The van der Waals surface area contributed by atoms with E-state index in [0.29, 0.717) is 0 Å². The van der Waals surface area contributed by atoms with Crippen LogP contribution in [0.2, 0.25) is 0 Å². The Balaban J connectivity index is 2.54. The van der Waals surface area contributed by atoms with E-state index in [0.717, 1.165) is 22.4 Å². The van der Waals surface area contributed by atoms with Crippen molar-refractivity contribution in [1.29, 1.82) is 0 Å². The first-order chi connectivity index (χ1) is 7.15. The first kappa shape index (κ1) is 9.59. The second kappa shape index (κ2) is 3.65. The fourth-order valence-electron chi connectivity index (χ4n) is 1.65. The minimum atomic E-state index is 0.285. The van der Waals surface area contributed by atoms with E-state index in [9.17, 15) is 5.11 Å². The Bertz CT molecular complexity index is 471. The maximum absolute atomic E-state index is 9.49. The lowest BCUT2D eigenvalue weighted by atomic mass is 10.0. The molecule has 0 unspecified atom stereocenters. The summed E-state index contributed by atoms with van der Waals surface area (Å²) in [7, 11) is 0. The lowest BCUT2D eigenvalue weighted by Gasteiger charge is -2.05. The molecule has 15 heavy (non-hydrogen) atoms. The SMILES string of the molecule is Cc1cc(O)cc(-c2cccc(N)c2)c1. The summed E-state index contributed by atoms with van der Waals surface area (Å²) in [6.45, 7) is 1.95. The number of hydrogen-bond acceptors (Lipinski definition) is 2. The molecule has 2 aromatic rings. The van der Waals surface area contributed by atoms with Gasteiger partial charge in [0.05, 0.1) is 0 Å². The van der Waals surface area contributed by atoms with E-state index < -0.39 is 0 Å². The number of anilines is 1. The van der Waals surface area contributed by atoms with Gasteiger partial charge in [0.15, 0.2) is 0 Å². The summed E-state index contributed by atoms with van der Waals surface area (Å²) < 4.78 is 0. The summed E-state index contributed by atoms with van der Waals surface area (Å²) in [6.07, 6.45) is 0. The van der Waals surface area contributed by atoms with Crippen molar-refractivity contribution in [2.75, 3.05) is 5.73 Å². The van der Waals surface area contributed by atoms with E-state index in [2.05, 4.69) is 0 Å². The van der Waals surface area contributed by atoms with Crippen molar-refractivity contribution in [3.05, 3.63) is 48.0 Å². The summed E-state index contributed by atoms with van der Waals surface area (Å²) in [4.78, 5) is 0. The largest absolute Gasteiger partial charge is 0.508 e. The van der Waals surface area contributed by atoms with E-state index in [1.807, 2.05) is 37.3 Å². The van der Waals surface area contributed by atoms with E-state index >= 15 is 0 Å². The van der Waals surface area contributed by atoms with Crippen LogP contribution in [0.1, 0.15) is 5.56 Å². The fourth-order valence-corrected chi connectivity index (χ4v) is 1.65. The van der Waals surface area contributed by atoms with Gasteiger partial charge in [0.1, 0.15) is 5.75 Å². The third kappa shape index (κ3) is 2.10. The summed E-state index contributed by atoms with van der Waals surface area (Å²) in [5.41, 5.74) is 9.48. The third-order valence-electron chi connectivity index (χ3n) is 2.28. The van der Waals surface area contributed by atoms with Gasteiger partial charge >= 0.3 is 0 Å². The second-order valence-corrected chi connectivity index (χ2v) is 3.68. The average Bonchev–Trinajstić information content (AvgIpc) is 2.16. The summed E-state index contributed by atoms with van der Waals surface area (Å²) in [6, 6.07) is 13.1. The van der Waals surface area contributed by atoms with Gasteiger partial charge in [-0.05, 0) is 47.9 Å². The van der Waals surface area contributed by atoms with E-state index in [1.54, 1.807) is 12.1 Å². The second-order valence-electron chi connectivity index (χ2n) is 3.68. The van der Waals surface area contributed by atoms with Gasteiger partial charge in [0.2, 0.25) is 0 Å². The van der Waals surface area contributed by atoms with Gasteiger partial charge in [-0.2, -0.15) is 0 Å². The van der Waals surface area contributed by atoms with Crippen molar-refractivity contribution in [1.82, 2.24) is 0 Å². The molecule has 0 bridgehead atoms. The Morgan fingerprint density at radius 1 is 1.00 bits per heavy atom. The summed E-state index contributed by atoms with van der Waals surface area (Å²) in [5, 5.41) is 9.49. The van der Waals surface area contributed by atoms with Crippen LogP contribution in [0.5, 0.6) is 5.75 Å². The van der Waals surface area contributed by atoms with Gasteiger partial charge in [0.25, 0.3) is 0 Å². The van der Waals surface area contributed by atoms with Crippen LogP contribution in [0.4, 0.5) is 5.69 Å². The van der Waals surface area contributed by atoms with E-state index in [1.165, 1.54) is 0 Å². The van der Waals surface area contributed by atoms with Crippen molar-refractivity contribution in [3.8, 4) is 16.9 Å². The Morgan fingerprint density at radius 3 is 2.47 bits per heavy atom. The molecule has 3 N–H and O–H groups in total. The molecule has 0 aliphatic heterocycles. The maximum Gasteiger partial charge on any atom is 0.116 e. The molecule has 2 heteroatoms. The number of phenols is 1. The average molecular weight is 199 g/mol. The third-order valence-corrected chi connectivity index (χ3v) is 2.28. The van der Waals surface area contributed by atoms with Crippen molar-refractivity contribution in [3.63, 3.8) is 0 Å². The highest BCUT2D eigenvalue weighted by Crippen LogP contribution is 2.26. The van der Waals surface area contributed by atoms with Crippen molar-refractivity contribution < 1.29 is 5.11 Å². The van der Waals surface area contributed by atoms with Gasteiger partial charge in [-0.15, -0.1) is 0 Å². The van der Waals surface area contributed by atoms with Crippen LogP contribution in [-0.4, -0.2) is 5.11 Å². The molecule has 0 aromatic heterocycles. The number of phenolic OH excluding ortho intramolecular Hbond substituents is 1. The Kier molecular flexibility index (Phi) is 2.34. The lowest BCUT2D eigenvalue weighted by Crippen LogP contribution is -1.85. The first-order valence-corrected chi connectivity index (χ1v) is 4.82. The zero-order valence-electron chi connectivity index (χ0n) is 8.57.